The van der Waals surface area contributed by atoms with Gasteiger partial charge in [-0.3, -0.25) is 0 Å². The highest BCUT2D eigenvalue weighted by Gasteiger charge is 2.30. The van der Waals surface area contributed by atoms with Crippen molar-refractivity contribution in [2.24, 2.45) is 0 Å². The molecule has 1 aromatic carbocycles. The van der Waals surface area contributed by atoms with Gasteiger partial charge in [0.25, 0.3) is 0 Å². The molecule has 2 unspecified atom stereocenters. The van der Waals surface area contributed by atoms with Crippen LogP contribution in [-0.4, -0.2) is 38.5 Å². The topological polar surface area (TPSA) is 28.3 Å². The fourth-order valence-electron chi connectivity index (χ4n) is 1.80. The average Bonchev–Trinajstić information content (AvgIpc) is 3.11. The van der Waals surface area contributed by atoms with Crippen LogP contribution in [0.25, 0.3) is 0 Å². The molecule has 0 N–H and O–H groups in total. The molecule has 3 nitrogen and oxygen atoms in total. The van der Waals surface area contributed by atoms with Crippen molar-refractivity contribution in [1.82, 2.24) is 0 Å². The Hall–Kier alpha value is -0.770. The quantitative estimate of drug-likeness (QED) is 0.736. The first-order valence-electron chi connectivity index (χ1n) is 5.55. The maximum absolute atomic E-state index is 6.00. The molecular formula is C12H14ClNO2. The molecule has 0 aromatic heterocycles. The molecule has 2 saturated heterocycles. The van der Waals surface area contributed by atoms with Gasteiger partial charge in [-0.25, -0.2) is 0 Å². The van der Waals surface area contributed by atoms with Gasteiger partial charge in [0, 0.05) is 23.8 Å². The van der Waals surface area contributed by atoms with E-state index in [-0.39, 0.29) is 0 Å². The first-order valence-corrected chi connectivity index (χ1v) is 5.93. The molecule has 2 atom stereocenters. The number of epoxide rings is 2. The normalized spacial score (nSPS) is 26.6. The number of benzene rings is 1. The lowest BCUT2D eigenvalue weighted by atomic mass is 10.2. The molecule has 2 aliphatic rings. The van der Waals surface area contributed by atoms with E-state index in [0.29, 0.717) is 12.2 Å². The van der Waals surface area contributed by atoms with E-state index in [1.54, 1.807) is 0 Å². The van der Waals surface area contributed by atoms with Gasteiger partial charge in [-0.2, -0.15) is 0 Å². The van der Waals surface area contributed by atoms with E-state index in [2.05, 4.69) is 11.0 Å². The summed E-state index contributed by atoms with van der Waals surface area (Å²) in [5.74, 6) is 0. The third kappa shape index (κ3) is 2.67. The first-order chi connectivity index (χ1) is 7.81. The van der Waals surface area contributed by atoms with Crippen molar-refractivity contribution < 1.29 is 9.47 Å². The van der Waals surface area contributed by atoms with Gasteiger partial charge < -0.3 is 14.4 Å². The number of anilines is 1. The van der Waals surface area contributed by atoms with E-state index < -0.39 is 0 Å². The molecule has 2 aliphatic heterocycles. The molecule has 0 radical (unpaired) electrons. The van der Waals surface area contributed by atoms with Gasteiger partial charge in [-0.1, -0.05) is 17.7 Å². The van der Waals surface area contributed by atoms with Crippen molar-refractivity contribution in [2.45, 2.75) is 12.2 Å². The summed E-state index contributed by atoms with van der Waals surface area (Å²) < 4.78 is 10.6. The molecule has 0 spiro atoms. The Balaban J connectivity index is 1.73. The summed E-state index contributed by atoms with van der Waals surface area (Å²) in [5.41, 5.74) is 1.15. The average molecular weight is 240 g/mol. The standard InChI is InChI=1S/C12H14ClNO2/c13-9-2-1-3-10(4-9)14(5-11-7-15-11)6-12-8-16-12/h1-4,11-12H,5-8H2. The van der Waals surface area contributed by atoms with E-state index in [4.69, 9.17) is 21.1 Å². The maximum Gasteiger partial charge on any atom is 0.0984 e. The van der Waals surface area contributed by atoms with E-state index in [0.717, 1.165) is 37.0 Å². The second-order valence-corrected chi connectivity index (χ2v) is 4.73. The molecule has 86 valence electrons. The summed E-state index contributed by atoms with van der Waals surface area (Å²) in [7, 11) is 0. The molecular weight excluding hydrogens is 226 g/mol. The molecule has 0 amide bonds. The van der Waals surface area contributed by atoms with Crippen LogP contribution in [0, 0.1) is 0 Å². The molecule has 4 heteroatoms. The fourth-order valence-corrected chi connectivity index (χ4v) is 1.98. The van der Waals surface area contributed by atoms with Crippen LogP contribution in [0.3, 0.4) is 0 Å². The molecule has 1 aromatic rings. The van der Waals surface area contributed by atoms with Gasteiger partial charge in [0.1, 0.15) is 0 Å². The summed E-state index contributed by atoms with van der Waals surface area (Å²) in [5, 5.41) is 0.774. The second-order valence-electron chi connectivity index (χ2n) is 4.30. The SMILES string of the molecule is Clc1cccc(N(CC2CO2)CC2CO2)c1. The Morgan fingerprint density at radius 2 is 1.81 bits per heavy atom. The van der Waals surface area contributed by atoms with Crippen molar-refractivity contribution in [1.29, 1.82) is 0 Å². The van der Waals surface area contributed by atoms with Crippen LogP contribution < -0.4 is 4.90 Å². The van der Waals surface area contributed by atoms with E-state index in [1.807, 2.05) is 18.2 Å². The number of hydrogen-bond acceptors (Lipinski definition) is 3. The highest BCUT2D eigenvalue weighted by atomic mass is 35.5. The molecule has 3 rings (SSSR count). The van der Waals surface area contributed by atoms with Gasteiger partial charge in [0.15, 0.2) is 0 Å². The minimum absolute atomic E-state index is 0.387. The lowest BCUT2D eigenvalue weighted by molar-refractivity contribution is 0.389. The van der Waals surface area contributed by atoms with E-state index >= 15 is 0 Å². The van der Waals surface area contributed by atoms with Crippen LogP contribution in [0.4, 0.5) is 5.69 Å². The van der Waals surface area contributed by atoms with E-state index in [9.17, 15) is 0 Å². The van der Waals surface area contributed by atoms with Gasteiger partial charge >= 0.3 is 0 Å². The van der Waals surface area contributed by atoms with Crippen LogP contribution in [0.15, 0.2) is 24.3 Å². The number of halogens is 1. The van der Waals surface area contributed by atoms with Crippen molar-refractivity contribution >= 4 is 17.3 Å². The number of hydrogen-bond donors (Lipinski definition) is 0. The molecule has 2 heterocycles. The lowest BCUT2D eigenvalue weighted by Crippen LogP contribution is -2.31. The van der Waals surface area contributed by atoms with E-state index in [1.165, 1.54) is 0 Å². The van der Waals surface area contributed by atoms with Crippen LogP contribution in [0.2, 0.25) is 5.02 Å². The highest BCUT2D eigenvalue weighted by Crippen LogP contribution is 2.24. The Bertz CT molecular complexity index is 363. The van der Waals surface area contributed by atoms with Gasteiger partial charge in [0.05, 0.1) is 25.4 Å². The minimum Gasteiger partial charge on any atom is -0.371 e. The third-order valence-electron chi connectivity index (χ3n) is 2.83. The fraction of sp³-hybridized carbons (Fsp3) is 0.500. The maximum atomic E-state index is 6.00. The zero-order chi connectivity index (χ0) is 11.0. The van der Waals surface area contributed by atoms with Gasteiger partial charge in [-0.05, 0) is 18.2 Å². The second kappa shape index (κ2) is 4.24. The van der Waals surface area contributed by atoms with Gasteiger partial charge in [0.2, 0.25) is 0 Å². The number of ether oxygens (including phenoxy) is 2. The summed E-state index contributed by atoms with van der Waals surface area (Å²) in [6.07, 6.45) is 0.774. The smallest absolute Gasteiger partial charge is 0.0984 e. The first kappa shape index (κ1) is 10.4. The van der Waals surface area contributed by atoms with Crippen LogP contribution in [0.1, 0.15) is 0 Å². The Morgan fingerprint density at radius 1 is 1.19 bits per heavy atom. The summed E-state index contributed by atoms with van der Waals surface area (Å²) >= 11 is 6.00. The summed E-state index contributed by atoms with van der Waals surface area (Å²) in [6.45, 7) is 3.62. The summed E-state index contributed by atoms with van der Waals surface area (Å²) in [4.78, 5) is 2.29. The highest BCUT2D eigenvalue weighted by molar-refractivity contribution is 6.30. The summed E-state index contributed by atoms with van der Waals surface area (Å²) in [6, 6.07) is 7.94. The lowest BCUT2D eigenvalue weighted by Gasteiger charge is -2.23. The predicted octanol–water partition coefficient (Wildman–Crippen LogP) is 1.94. The third-order valence-corrected chi connectivity index (χ3v) is 3.06. The van der Waals surface area contributed by atoms with Crippen LogP contribution >= 0.6 is 11.6 Å². The zero-order valence-corrected chi connectivity index (χ0v) is 9.69. The van der Waals surface area contributed by atoms with Gasteiger partial charge in [-0.15, -0.1) is 0 Å². The number of rotatable bonds is 5. The molecule has 0 aliphatic carbocycles. The molecule has 2 fully saturated rings. The Morgan fingerprint density at radius 3 is 2.31 bits per heavy atom. The van der Waals surface area contributed by atoms with Crippen LogP contribution in [0.5, 0.6) is 0 Å². The zero-order valence-electron chi connectivity index (χ0n) is 8.93. The largest absolute Gasteiger partial charge is 0.371 e. The Kier molecular flexibility index (Phi) is 2.75. The van der Waals surface area contributed by atoms with Crippen LogP contribution in [-0.2, 0) is 9.47 Å². The Labute approximate surface area is 99.9 Å². The molecule has 16 heavy (non-hydrogen) atoms. The molecule has 0 saturated carbocycles. The minimum atomic E-state index is 0.387. The monoisotopic (exact) mass is 239 g/mol. The van der Waals surface area contributed by atoms with Crippen molar-refractivity contribution in [3.05, 3.63) is 29.3 Å². The predicted molar refractivity (Wildman–Crippen MR) is 63.1 cm³/mol. The van der Waals surface area contributed by atoms with Crippen molar-refractivity contribution in [3.8, 4) is 0 Å². The van der Waals surface area contributed by atoms with Crippen molar-refractivity contribution in [2.75, 3.05) is 31.2 Å². The molecule has 0 bridgehead atoms. The number of nitrogens with zero attached hydrogens (tertiary/aromatic N) is 1. The van der Waals surface area contributed by atoms with Crippen molar-refractivity contribution in [3.63, 3.8) is 0 Å².